The smallest absolute Gasteiger partial charge is 0.164 e. The number of hydrogen-bond donors (Lipinski definition) is 2. The average molecular weight is 257 g/mol. The van der Waals surface area contributed by atoms with Gasteiger partial charge in [0.25, 0.3) is 0 Å². The van der Waals surface area contributed by atoms with Crippen molar-refractivity contribution in [3.63, 3.8) is 0 Å². The molecular weight excluding hydrogens is 241 g/mol. The summed E-state index contributed by atoms with van der Waals surface area (Å²) in [5, 5.41) is 12.6. The van der Waals surface area contributed by atoms with Crippen molar-refractivity contribution in [1.82, 2.24) is 0 Å². The van der Waals surface area contributed by atoms with E-state index in [4.69, 9.17) is 0 Å². The Balaban J connectivity index is 1.84. The quantitative estimate of drug-likeness (QED) is 0.847. The van der Waals surface area contributed by atoms with Crippen LogP contribution in [0.5, 0.6) is 5.75 Å². The lowest BCUT2D eigenvalue weighted by molar-refractivity contribution is 0.433. The Morgan fingerprint density at radius 1 is 0.895 bits per heavy atom. The first-order valence-corrected chi connectivity index (χ1v) is 6.60. The molecule has 0 unspecified atom stereocenters. The van der Waals surface area contributed by atoms with Gasteiger partial charge in [-0.15, -0.1) is 0 Å². The van der Waals surface area contributed by atoms with Gasteiger partial charge in [0.15, 0.2) is 11.6 Å². The lowest BCUT2D eigenvalue weighted by Crippen LogP contribution is -2.03. The lowest BCUT2D eigenvalue weighted by atomic mass is 9.91. The summed E-state index contributed by atoms with van der Waals surface area (Å²) in [7, 11) is 0. The molecule has 0 atom stereocenters. The van der Waals surface area contributed by atoms with E-state index in [2.05, 4.69) is 17.4 Å². The zero-order valence-corrected chi connectivity index (χ0v) is 10.6. The van der Waals surface area contributed by atoms with Crippen LogP contribution in [0.4, 0.5) is 15.8 Å². The predicted octanol–water partition coefficient (Wildman–Crippen LogP) is 4.15. The van der Waals surface area contributed by atoms with Crippen molar-refractivity contribution in [1.29, 1.82) is 0 Å². The molecule has 0 aromatic heterocycles. The van der Waals surface area contributed by atoms with Crippen LogP contribution in [0.15, 0.2) is 36.4 Å². The molecule has 2 nitrogen and oxygen atoms in total. The summed E-state index contributed by atoms with van der Waals surface area (Å²) in [6.45, 7) is 0. The van der Waals surface area contributed by atoms with Crippen LogP contribution >= 0.6 is 0 Å². The van der Waals surface area contributed by atoms with Crippen molar-refractivity contribution in [2.45, 2.75) is 25.7 Å². The molecule has 1 aliphatic rings. The number of nitrogens with one attached hydrogen (secondary N) is 1. The summed E-state index contributed by atoms with van der Waals surface area (Å²) >= 11 is 0. The number of rotatable bonds is 2. The highest BCUT2D eigenvalue weighted by Crippen LogP contribution is 2.27. The van der Waals surface area contributed by atoms with Crippen LogP contribution in [0.2, 0.25) is 0 Å². The molecule has 2 aromatic carbocycles. The van der Waals surface area contributed by atoms with Crippen molar-refractivity contribution >= 4 is 11.4 Å². The van der Waals surface area contributed by atoms with E-state index in [9.17, 15) is 9.50 Å². The second-order valence-corrected chi connectivity index (χ2v) is 4.98. The maximum atomic E-state index is 13.0. The van der Waals surface area contributed by atoms with E-state index >= 15 is 0 Å². The van der Waals surface area contributed by atoms with E-state index in [-0.39, 0.29) is 5.75 Å². The first-order valence-electron chi connectivity index (χ1n) is 6.60. The molecular formula is C16H16FNO. The fraction of sp³-hybridized carbons (Fsp3) is 0.250. The number of fused-ring (bicyclic) bond motifs is 1. The number of benzene rings is 2. The molecule has 0 spiro atoms. The van der Waals surface area contributed by atoms with Crippen molar-refractivity contribution in [2.75, 3.05) is 5.32 Å². The van der Waals surface area contributed by atoms with Gasteiger partial charge >= 0.3 is 0 Å². The van der Waals surface area contributed by atoms with Gasteiger partial charge in [-0.25, -0.2) is 4.39 Å². The standard InChI is InChI=1S/C16H16FNO/c17-15-8-7-14(10-16(15)19)18-13-6-5-11-3-1-2-4-12(11)9-13/h5-10,18-19H,1-4H2. The minimum atomic E-state index is -0.601. The van der Waals surface area contributed by atoms with Gasteiger partial charge in [0.1, 0.15) is 0 Å². The van der Waals surface area contributed by atoms with Gasteiger partial charge in [-0.1, -0.05) is 6.07 Å². The second-order valence-electron chi connectivity index (χ2n) is 4.98. The van der Waals surface area contributed by atoms with Crippen molar-refractivity contribution in [3.05, 3.63) is 53.3 Å². The largest absolute Gasteiger partial charge is 0.505 e. The first-order chi connectivity index (χ1) is 9.22. The maximum absolute atomic E-state index is 13.0. The van der Waals surface area contributed by atoms with Gasteiger partial charge in [0, 0.05) is 17.4 Å². The van der Waals surface area contributed by atoms with Gasteiger partial charge in [-0.05, 0) is 61.1 Å². The van der Waals surface area contributed by atoms with Gasteiger partial charge in [-0.2, -0.15) is 0 Å². The summed E-state index contributed by atoms with van der Waals surface area (Å²) in [5.41, 5.74) is 4.49. The summed E-state index contributed by atoms with van der Waals surface area (Å²) in [5.74, 6) is -0.932. The van der Waals surface area contributed by atoms with Crippen LogP contribution in [0.25, 0.3) is 0 Å². The van der Waals surface area contributed by atoms with Crippen molar-refractivity contribution in [3.8, 4) is 5.75 Å². The van der Waals surface area contributed by atoms with Gasteiger partial charge in [-0.3, -0.25) is 0 Å². The Kier molecular flexibility index (Phi) is 3.11. The van der Waals surface area contributed by atoms with E-state index < -0.39 is 5.82 Å². The Hall–Kier alpha value is -2.03. The van der Waals surface area contributed by atoms with E-state index in [0.29, 0.717) is 5.69 Å². The molecule has 1 aliphatic carbocycles. The first kappa shape index (κ1) is 12.0. The lowest BCUT2D eigenvalue weighted by Gasteiger charge is -2.17. The average Bonchev–Trinajstić information content (AvgIpc) is 2.43. The summed E-state index contributed by atoms with van der Waals surface area (Å²) in [6.07, 6.45) is 4.80. The van der Waals surface area contributed by atoms with Crippen LogP contribution in [0, 0.1) is 5.82 Å². The van der Waals surface area contributed by atoms with E-state index in [0.717, 1.165) is 18.5 Å². The fourth-order valence-corrected chi connectivity index (χ4v) is 2.57. The zero-order chi connectivity index (χ0) is 13.2. The molecule has 2 aromatic rings. The third kappa shape index (κ3) is 2.55. The Bertz CT molecular complexity index is 610. The van der Waals surface area contributed by atoms with Crippen LogP contribution in [0.1, 0.15) is 24.0 Å². The minimum Gasteiger partial charge on any atom is -0.505 e. The molecule has 0 bridgehead atoms. The normalized spacial score (nSPS) is 13.9. The summed E-state index contributed by atoms with van der Waals surface area (Å²) < 4.78 is 13.0. The van der Waals surface area contributed by atoms with E-state index in [1.54, 1.807) is 6.07 Å². The Morgan fingerprint density at radius 3 is 2.37 bits per heavy atom. The Labute approximate surface area is 111 Å². The number of phenols is 1. The van der Waals surface area contributed by atoms with Crippen molar-refractivity contribution in [2.24, 2.45) is 0 Å². The third-order valence-corrected chi connectivity index (χ3v) is 3.58. The van der Waals surface area contributed by atoms with Crippen LogP contribution < -0.4 is 5.32 Å². The second kappa shape index (κ2) is 4.92. The number of aryl methyl sites for hydroxylation is 2. The number of anilines is 2. The van der Waals surface area contributed by atoms with Crippen molar-refractivity contribution < 1.29 is 9.50 Å². The monoisotopic (exact) mass is 257 g/mol. The SMILES string of the molecule is Oc1cc(Nc2ccc3c(c2)CCCC3)ccc1F. The number of halogens is 1. The molecule has 0 amide bonds. The molecule has 0 radical (unpaired) electrons. The molecule has 0 fully saturated rings. The van der Waals surface area contributed by atoms with E-state index in [1.165, 1.54) is 36.1 Å². The fourth-order valence-electron chi connectivity index (χ4n) is 2.57. The van der Waals surface area contributed by atoms with Crippen LogP contribution in [-0.4, -0.2) is 5.11 Å². The predicted molar refractivity (Wildman–Crippen MR) is 74.4 cm³/mol. The molecule has 3 heteroatoms. The molecule has 0 heterocycles. The van der Waals surface area contributed by atoms with Crippen LogP contribution in [-0.2, 0) is 12.8 Å². The third-order valence-electron chi connectivity index (χ3n) is 3.58. The molecule has 0 saturated heterocycles. The van der Waals surface area contributed by atoms with Gasteiger partial charge in [0.05, 0.1) is 0 Å². The summed E-state index contributed by atoms with van der Waals surface area (Å²) in [6, 6.07) is 10.6. The highest BCUT2D eigenvalue weighted by atomic mass is 19.1. The summed E-state index contributed by atoms with van der Waals surface area (Å²) in [4.78, 5) is 0. The molecule has 0 saturated carbocycles. The molecule has 0 aliphatic heterocycles. The highest BCUT2D eigenvalue weighted by Gasteiger charge is 2.09. The van der Waals surface area contributed by atoms with Crippen LogP contribution in [0.3, 0.4) is 0 Å². The number of phenolic OH excluding ortho intramolecular Hbond substituents is 1. The highest BCUT2D eigenvalue weighted by molar-refractivity contribution is 5.62. The molecule has 19 heavy (non-hydrogen) atoms. The maximum Gasteiger partial charge on any atom is 0.164 e. The molecule has 3 rings (SSSR count). The molecule has 98 valence electrons. The number of hydrogen-bond acceptors (Lipinski definition) is 2. The topological polar surface area (TPSA) is 32.3 Å². The number of aromatic hydroxyl groups is 1. The van der Waals surface area contributed by atoms with Gasteiger partial charge < -0.3 is 10.4 Å². The Morgan fingerprint density at radius 2 is 1.58 bits per heavy atom. The van der Waals surface area contributed by atoms with Gasteiger partial charge in [0.2, 0.25) is 0 Å². The molecule has 2 N–H and O–H groups in total. The minimum absolute atomic E-state index is 0.331. The zero-order valence-electron chi connectivity index (χ0n) is 10.6. The van der Waals surface area contributed by atoms with E-state index in [1.807, 2.05) is 6.07 Å².